The zero-order valence-corrected chi connectivity index (χ0v) is 17.3. The molecule has 3 aromatic carbocycles. The fraction of sp³-hybridized carbons (Fsp3) is 0.0400. The van der Waals surface area contributed by atoms with E-state index in [2.05, 4.69) is 20.7 Å². The molecular weight excluding hydrogens is 404 g/mol. The van der Waals surface area contributed by atoms with Crippen LogP contribution in [0.2, 0.25) is 0 Å². The lowest BCUT2D eigenvalue weighted by Gasteiger charge is -2.12. The highest BCUT2D eigenvalue weighted by Crippen LogP contribution is 2.31. The summed E-state index contributed by atoms with van der Waals surface area (Å²) < 4.78 is 5.13. The summed E-state index contributed by atoms with van der Waals surface area (Å²) in [6.07, 6.45) is 1.49. The Kier molecular flexibility index (Phi) is 6.17. The molecule has 0 aliphatic rings. The molecule has 32 heavy (non-hydrogen) atoms. The Labute approximate surface area is 184 Å². The summed E-state index contributed by atoms with van der Waals surface area (Å²) in [6, 6.07) is 25.8. The number of amides is 1. The minimum Gasteiger partial charge on any atom is -0.497 e. The van der Waals surface area contributed by atoms with Gasteiger partial charge in [0.25, 0.3) is 11.5 Å². The zero-order chi connectivity index (χ0) is 22.3. The molecule has 158 valence electrons. The number of hydrogen-bond donors (Lipinski definition) is 2. The number of ether oxygens (including phenoxy) is 1. The molecule has 2 N–H and O–H groups in total. The van der Waals surface area contributed by atoms with Crippen molar-refractivity contribution in [1.29, 1.82) is 0 Å². The third kappa shape index (κ3) is 4.46. The molecule has 0 bridgehead atoms. The van der Waals surface area contributed by atoms with Gasteiger partial charge in [0.15, 0.2) is 0 Å². The molecule has 1 amide bonds. The summed E-state index contributed by atoms with van der Waals surface area (Å²) in [7, 11) is 1.59. The second-order valence-electron chi connectivity index (χ2n) is 6.86. The van der Waals surface area contributed by atoms with E-state index < -0.39 is 11.5 Å². The van der Waals surface area contributed by atoms with E-state index in [1.807, 2.05) is 60.7 Å². The Morgan fingerprint density at radius 1 is 0.938 bits per heavy atom. The molecule has 1 heterocycles. The van der Waals surface area contributed by atoms with E-state index in [9.17, 15) is 9.59 Å². The van der Waals surface area contributed by atoms with Crippen molar-refractivity contribution in [2.24, 2.45) is 5.10 Å². The molecule has 0 atom stereocenters. The van der Waals surface area contributed by atoms with Gasteiger partial charge in [0.05, 0.1) is 19.0 Å². The number of benzene rings is 3. The Morgan fingerprint density at radius 2 is 1.56 bits per heavy atom. The highest BCUT2D eigenvalue weighted by atomic mass is 16.5. The predicted octanol–water partition coefficient (Wildman–Crippen LogP) is 3.88. The van der Waals surface area contributed by atoms with Crippen molar-refractivity contribution >= 4 is 12.1 Å². The predicted molar refractivity (Wildman–Crippen MR) is 124 cm³/mol. The monoisotopic (exact) mass is 424 g/mol. The number of aromatic nitrogens is 2. The first-order valence-corrected chi connectivity index (χ1v) is 9.88. The van der Waals surface area contributed by atoms with Gasteiger partial charge in [-0.25, -0.2) is 10.5 Å². The van der Waals surface area contributed by atoms with Crippen LogP contribution in [0.3, 0.4) is 0 Å². The average molecular weight is 424 g/mol. The first-order chi connectivity index (χ1) is 15.7. The van der Waals surface area contributed by atoms with Gasteiger partial charge in [-0.15, -0.1) is 0 Å². The smallest absolute Gasteiger partial charge is 0.277 e. The largest absolute Gasteiger partial charge is 0.497 e. The normalized spacial score (nSPS) is 10.8. The van der Waals surface area contributed by atoms with Gasteiger partial charge in [-0.05, 0) is 35.4 Å². The lowest BCUT2D eigenvalue weighted by atomic mass is 9.95. The van der Waals surface area contributed by atoms with Crippen molar-refractivity contribution in [3.8, 4) is 28.1 Å². The maximum absolute atomic E-state index is 13.0. The van der Waals surface area contributed by atoms with Crippen molar-refractivity contribution in [2.75, 3.05) is 7.11 Å². The van der Waals surface area contributed by atoms with E-state index in [0.29, 0.717) is 16.8 Å². The van der Waals surface area contributed by atoms with Crippen molar-refractivity contribution < 1.29 is 9.53 Å². The third-order valence-electron chi connectivity index (χ3n) is 4.82. The summed E-state index contributed by atoms with van der Waals surface area (Å²) in [6.45, 7) is 0. The fourth-order valence-electron chi connectivity index (χ4n) is 3.27. The SMILES string of the molecule is COc1ccc(C=NNC(=O)c2c(-c3ccccc3)c(-c3ccccc3)n[nH]c2=O)cc1. The highest BCUT2D eigenvalue weighted by molar-refractivity contribution is 6.03. The molecule has 0 unspecified atom stereocenters. The van der Waals surface area contributed by atoms with Gasteiger partial charge in [0.2, 0.25) is 0 Å². The van der Waals surface area contributed by atoms with Crippen LogP contribution in [0.5, 0.6) is 5.75 Å². The number of methoxy groups -OCH3 is 1. The van der Waals surface area contributed by atoms with Crippen LogP contribution in [-0.2, 0) is 0 Å². The summed E-state index contributed by atoms with van der Waals surface area (Å²) >= 11 is 0. The molecule has 0 aliphatic heterocycles. The minimum absolute atomic E-state index is 0.0584. The molecule has 0 radical (unpaired) electrons. The molecule has 0 spiro atoms. The van der Waals surface area contributed by atoms with Crippen LogP contribution in [0.15, 0.2) is 94.8 Å². The average Bonchev–Trinajstić information content (AvgIpc) is 2.85. The summed E-state index contributed by atoms with van der Waals surface area (Å²) in [4.78, 5) is 25.7. The summed E-state index contributed by atoms with van der Waals surface area (Å²) in [5.41, 5.74) is 4.99. The van der Waals surface area contributed by atoms with Gasteiger partial charge in [-0.2, -0.15) is 10.2 Å². The molecule has 4 aromatic rings. The maximum atomic E-state index is 13.0. The van der Waals surface area contributed by atoms with Crippen LogP contribution < -0.4 is 15.7 Å². The first-order valence-electron chi connectivity index (χ1n) is 9.88. The van der Waals surface area contributed by atoms with Crippen molar-refractivity contribution in [1.82, 2.24) is 15.6 Å². The second kappa shape index (κ2) is 9.53. The standard InChI is InChI=1S/C25H20N4O3/c1-32-20-14-12-17(13-15-20)16-26-28-24(30)22-21(18-8-4-2-5-9-18)23(27-29-25(22)31)19-10-6-3-7-11-19/h2-16H,1H3,(H,28,30)(H,29,31). The quantitative estimate of drug-likeness (QED) is 0.363. The second-order valence-corrected chi connectivity index (χ2v) is 6.86. The number of H-pyrrole nitrogens is 1. The van der Waals surface area contributed by atoms with Gasteiger partial charge in [0, 0.05) is 11.1 Å². The highest BCUT2D eigenvalue weighted by Gasteiger charge is 2.22. The Bertz CT molecular complexity index is 1300. The number of aromatic amines is 1. The Balaban J connectivity index is 1.73. The van der Waals surface area contributed by atoms with Crippen LogP contribution in [0.1, 0.15) is 15.9 Å². The molecule has 0 saturated carbocycles. The van der Waals surface area contributed by atoms with Crippen molar-refractivity contribution in [2.45, 2.75) is 0 Å². The summed E-state index contributed by atoms with van der Waals surface area (Å²) in [5.74, 6) is 0.0879. The molecule has 0 fully saturated rings. The van der Waals surface area contributed by atoms with Crippen molar-refractivity contribution in [3.05, 3.63) is 106 Å². The molecule has 0 saturated heterocycles. The van der Waals surface area contributed by atoms with Gasteiger partial charge in [-0.3, -0.25) is 9.59 Å². The van der Waals surface area contributed by atoms with Gasteiger partial charge in [-0.1, -0.05) is 60.7 Å². The van der Waals surface area contributed by atoms with Gasteiger partial charge < -0.3 is 4.74 Å². The van der Waals surface area contributed by atoms with E-state index in [0.717, 1.165) is 16.9 Å². The minimum atomic E-state index is -0.630. The molecule has 1 aromatic heterocycles. The van der Waals surface area contributed by atoms with Crippen LogP contribution in [0.4, 0.5) is 0 Å². The Hall–Kier alpha value is -4.52. The number of hydrogen-bond acceptors (Lipinski definition) is 5. The summed E-state index contributed by atoms with van der Waals surface area (Å²) in [5, 5.41) is 10.7. The van der Waals surface area contributed by atoms with E-state index in [1.54, 1.807) is 31.4 Å². The molecule has 7 nitrogen and oxygen atoms in total. The van der Waals surface area contributed by atoms with Crippen LogP contribution >= 0.6 is 0 Å². The van der Waals surface area contributed by atoms with Gasteiger partial charge in [0.1, 0.15) is 11.3 Å². The number of carbonyl (C=O) groups is 1. The van der Waals surface area contributed by atoms with Crippen molar-refractivity contribution in [3.63, 3.8) is 0 Å². The molecular formula is C25H20N4O3. The van der Waals surface area contributed by atoms with E-state index in [4.69, 9.17) is 4.74 Å². The Morgan fingerprint density at radius 3 is 2.19 bits per heavy atom. The lowest BCUT2D eigenvalue weighted by Crippen LogP contribution is -2.28. The number of rotatable bonds is 6. The van der Waals surface area contributed by atoms with Crippen LogP contribution in [0, 0.1) is 0 Å². The zero-order valence-electron chi connectivity index (χ0n) is 17.3. The topological polar surface area (TPSA) is 96.4 Å². The van der Waals surface area contributed by atoms with E-state index in [-0.39, 0.29) is 5.56 Å². The van der Waals surface area contributed by atoms with Gasteiger partial charge >= 0.3 is 0 Å². The number of carbonyl (C=O) groups excluding carboxylic acids is 1. The maximum Gasteiger partial charge on any atom is 0.277 e. The third-order valence-corrected chi connectivity index (χ3v) is 4.82. The molecule has 7 heteroatoms. The fourth-order valence-corrected chi connectivity index (χ4v) is 3.27. The lowest BCUT2D eigenvalue weighted by molar-refractivity contribution is 0.0954. The number of nitrogens with one attached hydrogen (secondary N) is 2. The van der Waals surface area contributed by atoms with Crippen LogP contribution in [-0.4, -0.2) is 29.4 Å². The van der Waals surface area contributed by atoms with E-state index >= 15 is 0 Å². The van der Waals surface area contributed by atoms with E-state index in [1.165, 1.54) is 6.21 Å². The number of nitrogens with zero attached hydrogens (tertiary/aromatic N) is 2. The molecule has 0 aliphatic carbocycles. The molecule has 4 rings (SSSR count). The first kappa shape index (κ1) is 20.7. The number of hydrazone groups is 1. The van der Waals surface area contributed by atoms with Crippen LogP contribution in [0.25, 0.3) is 22.4 Å².